The van der Waals surface area contributed by atoms with Gasteiger partial charge < -0.3 is 4.74 Å². The number of nitrogens with zero attached hydrogens (tertiary/aromatic N) is 1. The van der Waals surface area contributed by atoms with E-state index in [1.54, 1.807) is 7.05 Å². The Labute approximate surface area is 194 Å². The van der Waals surface area contributed by atoms with Crippen LogP contribution in [-0.4, -0.2) is 31.2 Å². The molecule has 0 bridgehead atoms. The Kier molecular flexibility index (Phi) is 9.81. The van der Waals surface area contributed by atoms with Crippen LogP contribution in [0.15, 0.2) is 91.0 Å². The molecule has 7 nitrogen and oxygen atoms in total. The molecule has 0 atom stereocenters. The number of rotatable bonds is 13. The number of hydrogen-bond acceptors (Lipinski definition) is 7. The summed E-state index contributed by atoms with van der Waals surface area (Å²) in [6.45, 7) is 0.143. The molecule has 0 aliphatic heterocycles. The van der Waals surface area contributed by atoms with Crippen LogP contribution < -0.4 is 0 Å². The molecule has 0 aliphatic carbocycles. The third-order valence-electron chi connectivity index (χ3n) is 4.54. The number of phosphoric acid groups is 1. The monoisotopic (exact) mass is 469 g/mol. The van der Waals surface area contributed by atoms with Crippen LogP contribution in [0.5, 0.6) is 0 Å². The highest BCUT2D eigenvalue weighted by molar-refractivity contribution is 7.48. The fraction of sp³-hybridized carbons (Fsp3) is 0.240. The first-order chi connectivity index (χ1) is 16.0. The van der Waals surface area contributed by atoms with Crippen molar-refractivity contribution >= 4 is 13.8 Å². The van der Waals surface area contributed by atoms with Gasteiger partial charge in [-0.1, -0.05) is 91.0 Å². The van der Waals surface area contributed by atoms with Crippen LogP contribution in [0.4, 0.5) is 0 Å². The summed E-state index contributed by atoms with van der Waals surface area (Å²) in [4.78, 5) is 13.7. The average Bonchev–Trinajstić information content (AvgIpc) is 2.86. The first-order valence-electron chi connectivity index (χ1n) is 10.5. The maximum atomic E-state index is 13.3. The normalized spacial score (nSPS) is 11.5. The van der Waals surface area contributed by atoms with Crippen molar-refractivity contribution in [2.45, 2.75) is 19.8 Å². The van der Waals surface area contributed by atoms with E-state index >= 15 is 0 Å². The standard InChI is InChI=1S/C25H28NO6P/c1-26(17-25(27)29-18-22-11-5-2-6-12-22)21-32-33(28,30-19-23-13-7-3-8-14-23)31-20-24-15-9-4-10-16-24/h2-16H,17-21H2,1H3. The molecule has 0 unspecified atom stereocenters. The molecule has 3 aromatic rings. The van der Waals surface area contributed by atoms with Gasteiger partial charge in [-0.05, 0) is 23.7 Å². The molecule has 0 aliphatic rings. The maximum Gasteiger partial charge on any atom is 0.476 e. The Morgan fingerprint density at radius 1 is 0.697 bits per heavy atom. The summed E-state index contributed by atoms with van der Waals surface area (Å²) in [5, 5.41) is 0. The number of likely N-dealkylation sites (N-methyl/N-ethyl adjacent to an activating group) is 1. The number of carbonyl (C=O) groups is 1. The lowest BCUT2D eigenvalue weighted by Gasteiger charge is -2.22. The van der Waals surface area contributed by atoms with Crippen molar-refractivity contribution in [3.8, 4) is 0 Å². The summed E-state index contributed by atoms with van der Waals surface area (Å²) >= 11 is 0. The number of carbonyl (C=O) groups excluding carboxylic acids is 1. The summed E-state index contributed by atoms with van der Waals surface area (Å²) in [5.41, 5.74) is 2.57. The van der Waals surface area contributed by atoms with Gasteiger partial charge in [0.1, 0.15) is 13.3 Å². The van der Waals surface area contributed by atoms with E-state index in [1.165, 1.54) is 4.90 Å². The Morgan fingerprint density at radius 2 is 1.12 bits per heavy atom. The zero-order valence-corrected chi connectivity index (χ0v) is 19.4. The minimum Gasteiger partial charge on any atom is -0.460 e. The van der Waals surface area contributed by atoms with Crippen LogP contribution in [-0.2, 0) is 47.5 Å². The molecule has 3 rings (SSSR count). The van der Waals surface area contributed by atoms with Crippen LogP contribution >= 0.6 is 7.82 Å². The molecule has 0 saturated heterocycles. The smallest absolute Gasteiger partial charge is 0.460 e. The second-order valence-electron chi connectivity index (χ2n) is 7.38. The topological polar surface area (TPSA) is 74.3 Å². The van der Waals surface area contributed by atoms with Crippen molar-refractivity contribution in [1.29, 1.82) is 0 Å². The van der Waals surface area contributed by atoms with Crippen molar-refractivity contribution < 1.29 is 27.7 Å². The summed E-state index contributed by atoms with van der Waals surface area (Å²) in [7, 11) is -2.25. The van der Waals surface area contributed by atoms with E-state index in [0.29, 0.717) is 0 Å². The van der Waals surface area contributed by atoms with Crippen LogP contribution in [0.25, 0.3) is 0 Å². The van der Waals surface area contributed by atoms with Crippen molar-refractivity contribution in [1.82, 2.24) is 4.90 Å². The van der Waals surface area contributed by atoms with Crippen molar-refractivity contribution in [3.63, 3.8) is 0 Å². The molecule has 0 fully saturated rings. The van der Waals surface area contributed by atoms with Crippen LogP contribution in [0.1, 0.15) is 16.7 Å². The second-order valence-corrected chi connectivity index (χ2v) is 9.05. The third-order valence-corrected chi connectivity index (χ3v) is 5.86. The molecule has 8 heteroatoms. The number of esters is 1. The number of hydrogen-bond donors (Lipinski definition) is 0. The lowest BCUT2D eigenvalue weighted by Crippen LogP contribution is -2.29. The first kappa shape index (κ1) is 24.8. The summed E-state index contributed by atoms with van der Waals surface area (Å²) in [5.74, 6) is -0.421. The van der Waals surface area contributed by atoms with Crippen LogP contribution in [0.3, 0.4) is 0 Å². The molecule has 33 heavy (non-hydrogen) atoms. The lowest BCUT2D eigenvalue weighted by molar-refractivity contribution is -0.146. The predicted octanol–water partition coefficient (Wildman–Crippen LogP) is 5.18. The van der Waals surface area contributed by atoms with Gasteiger partial charge >= 0.3 is 13.8 Å². The van der Waals surface area contributed by atoms with Gasteiger partial charge in [0, 0.05) is 0 Å². The molecule has 3 aromatic carbocycles. The van der Waals surface area contributed by atoms with Gasteiger partial charge in [-0.2, -0.15) is 0 Å². The second kappa shape index (κ2) is 13.0. The van der Waals surface area contributed by atoms with Gasteiger partial charge in [-0.3, -0.25) is 23.3 Å². The van der Waals surface area contributed by atoms with E-state index in [0.717, 1.165) is 16.7 Å². The van der Waals surface area contributed by atoms with E-state index in [4.69, 9.17) is 18.3 Å². The largest absolute Gasteiger partial charge is 0.476 e. The van der Waals surface area contributed by atoms with E-state index in [-0.39, 0.29) is 33.1 Å². The Bertz CT molecular complexity index is 969. The SMILES string of the molecule is CN(COP(=O)(OCc1ccccc1)OCc1ccccc1)CC(=O)OCc1ccccc1. The first-order valence-corrected chi connectivity index (χ1v) is 12.0. The van der Waals surface area contributed by atoms with Crippen LogP contribution in [0, 0.1) is 0 Å². The minimum atomic E-state index is -3.90. The van der Waals surface area contributed by atoms with Crippen molar-refractivity contribution in [2.75, 3.05) is 20.3 Å². The van der Waals surface area contributed by atoms with E-state index in [9.17, 15) is 9.36 Å². The molecule has 174 valence electrons. The minimum absolute atomic E-state index is 0.0375. The molecule has 0 spiro atoms. The molecule has 0 amide bonds. The maximum absolute atomic E-state index is 13.3. The highest BCUT2D eigenvalue weighted by Crippen LogP contribution is 2.51. The van der Waals surface area contributed by atoms with E-state index < -0.39 is 13.8 Å². The summed E-state index contributed by atoms with van der Waals surface area (Å²) in [6.07, 6.45) is 0. The average molecular weight is 469 g/mol. The Morgan fingerprint density at radius 3 is 1.58 bits per heavy atom. The fourth-order valence-electron chi connectivity index (χ4n) is 2.79. The predicted molar refractivity (Wildman–Crippen MR) is 125 cm³/mol. The molecule has 0 saturated carbocycles. The van der Waals surface area contributed by atoms with Crippen molar-refractivity contribution in [2.24, 2.45) is 0 Å². The highest BCUT2D eigenvalue weighted by atomic mass is 31.2. The molecular formula is C25H28NO6P. The molecule has 0 N–H and O–H groups in total. The zero-order valence-electron chi connectivity index (χ0n) is 18.5. The molecule has 0 heterocycles. The van der Waals surface area contributed by atoms with Gasteiger partial charge in [0.2, 0.25) is 0 Å². The summed E-state index contributed by atoms with van der Waals surface area (Å²) < 4.78 is 35.2. The molecular weight excluding hydrogens is 441 g/mol. The lowest BCUT2D eigenvalue weighted by atomic mass is 10.2. The Balaban J connectivity index is 1.51. The van der Waals surface area contributed by atoms with Gasteiger partial charge in [-0.25, -0.2) is 4.57 Å². The van der Waals surface area contributed by atoms with Gasteiger partial charge in [0.25, 0.3) is 0 Å². The number of benzene rings is 3. The number of phosphoric ester groups is 1. The van der Waals surface area contributed by atoms with Crippen molar-refractivity contribution in [3.05, 3.63) is 108 Å². The summed E-state index contributed by atoms with van der Waals surface area (Å²) in [6, 6.07) is 28.1. The molecule has 0 aromatic heterocycles. The van der Waals surface area contributed by atoms with E-state index in [2.05, 4.69) is 0 Å². The third kappa shape index (κ3) is 9.30. The Hall–Kier alpha value is -2.80. The van der Waals surface area contributed by atoms with E-state index in [1.807, 2.05) is 91.0 Å². The number of ether oxygens (including phenoxy) is 1. The van der Waals surface area contributed by atoms with Gasteiger partial charge in [-0.15, -0.1) is 0 Å². The quantitative estimate of drug-likeness (QED) is 0.194. The fourth-order valence-corrected chi connectivity index (χ4v) is 3.96. The molecule has 0 radical (unpaired) electrons. The van der Waals surface area contributed by atoms with Gasteiger partial charge in [0.05, 0.1) is 19.8 Å². The highest BCUT2D eigenvalue weighted by Gasteiger charge is 2.28. The van der Waals surface area contributed by atoms with Crippen LogP contribution in [0.2, 0.25) is 0 Å². The zero-order chi connectivity index (χ0) is 23.4. The van der Waals surface area contributed by atoms with Gasteiger partial charge in [0.15, 0.2) is 0 Å².